The van der Waals surface area contributed by atoms with Gasteiger partial charge in [0.1, 0.15) is 12.4 Å². The van der Waals surface area contributed by atoms with E-state index in [2.05, 4.69) is 31.9 Å². The molecule has 0 saturated carbocycles. The smallest absolute Gasteiger partial charge is 0.163 e. The quantitative estimate of drug-likeness (QED) is 0.695. The third-order valence-electron chi connectivity index (χ3n) is 2.61. The maximum atomic E-state index is 11.5. The average Bonchev–Trinajstić information content (AvgIpc) is 2.36. The highest BCUT2D eigenvalue weighted by molar-refractivity contribution is 9.10. The molecule has 0 aromatic heterocycles. The van der Waals surface area contributed by atoms with E-state index in [9.17, 15) is 4.79 Å². The highest BCUT2D eigenvalue weighted by atomic mass is 79.9. The molecule has 0 N–H and O–H groups in total. The molecule has 2 aromatic carbocycles. The topological polar surface area (TPSA) is 26.3 Å². The maximum Gasteiger partial charge on any atom is 0.163 e. The number of rotatable bonds is 4. The van der Waals surface area contributed by atoms with Gasteiger partial charge in [-0.05, 0) is 42.8 Å². The number of Topliss-reactive ketones (excluding diaryl/α,β-unsaturated/α-hetero) is 1. The van der Waals surface area contributed by atoms with Crippen LogP contribution in [-0.2, 0) is 6.61 Å². The molecule has 0 aliphatic rings. The molecular weight excluding hydrogens is 372 g/mol. The van der Waals surface area contributed by atoms with Gasteiger partial charge >= 0.3 is 0 Å². The highest BCUT2D eigenvalue weighted by Gasteiger charge is 2.09. The summed E-state index contributed by atoms with van der Waals surface area (Å²) in [4.78, 5) is 11.5. The van der Waals surface area contributed by atoms with Crippen molar-refractivity contribution in [1.82, 2.24) is 0 Å². The standard InChI is InChI=1S/C15H12Br2O2/c1-10(18)14-6-5-13(17)8-15(14)19-9-11-3-2-4-12(16)7-11/h2-8H,9H2,1H3. The Bertz CT molecular complexity index is 609. The Morgan fingerprint density at radius 1 is 1.11 bits per heavy atom. The zero-order chi connectivity index (χ0) is 13.8. The Labute approximate surface area is 129 Å². The van der Waals surface area contributed by atoms with Crippen molar-refractivity contribution in [2.45, 2.75) is 13.5 Å². The van der Waals surface area contributed by atoms with E-state index in [0.29, 0.717) is 17.9 Å². The SMILES string of the molecule is CC(=O)c1ccc(Br)cc1OCc1cccc(Br)c1. The first-order valence-electron chi connectivity index (χ1n) is 5.74. The Kier molecular flexibility index (Phi) is 4.77. The fraction of sp³-hybridized carbons (Fsp3) is 0.133. The zero-order valence-corrected chi connectivity index (χ0v) is 13.5. The van der Waals surface area contributed by atoms with Gasteiger partial charge in [0.05, 0.1) is 5.56 Å². The van der Waals surface area contributed by atoms with Crippen LogP contribution in [0.2, 0.25) is 0 Å². The third-order valence-corrected chi connectivity index (χ3v) is 3.59. The summed E-state index contributed by atoms with van der Waals surface area (Å²) in [5, 5.41) is 0. The summed E-state index contributed by atoms with van der Waals surface area (Å²) in [5.41, 5.74) is 1.64. The van der Waals surface area contributed by atoms with E-state index < -0.39 is 0 Å². The Balaban J connectivity index is 2.19. The lowest BCUT2D eigenvalue weighted by molar-refractivity contribution is 0.101. The molecule has 4 heteroatoms. The summed E-state index contributed by atoms with van der Waals surface area (Å²) in [6.45, 7) is 1.96. The normalized spacial score (nSPS) is 10.3. The number of carbonyl (C=O) groups is 1. The van der Waals surface area contributed by atoms with E-state index in [1.165, 1.54) is 6.92 Å². The fourth-order valence-electron chi connectivity index (χ4n) is 1.69. The van der Waals surface area contributed by atoms with Crippen LogP contribution in [0.25, 0.3) is 0 Å². The Morgan fingerprint density at radius 2 is 1.84 bits per heavy atom. The molecule has 0 aliphatic carbocycles. The van der Waals surface area contributed by atoms with E-state index in [1.807, 2.05) is 36.4 Å². The molecular formula is C15H12Br2O2. The molecule has 0 amide bonds. The Hall–Kier alpha value is -1.13. The monoisotopic (exact) mass is 382 g/mol. The average molecular weight is 384 g/mol. The number of hydrogen-bond acceptors (Lipinski definition) is 2. The second-order valence-corrected chi connectivity index (χ2v) is 5.95. The summed E-state index contributed by atoms with van der Waals surface area (Å²) in [7, 11) is 0. The van der Waals surface area contributed by atoms with Crippen molar-refractivity contribution in [3.8, 4) is 5.75 Å². The summed E-state index contributed by atoms with van der Waals surface area (Å²) >= 11 is 6.80. The number of carbonyl (C=O) groups excluding carboxylic acids is 1. The zero-order valence-electron chi connectivity index (χ0n) is 10.3. The largest absolute Gasteiger partial charge is 0.488 e. The molecule has 98 valence electrons. The van der Waals surface area contributed by atoms with Gasteiger partial charge in [0.15, 0.2) is 5.78 Å². The molecule has 0 atom stereocenters. The van der Waals surface area contributed by atoms with Gasteiger partial charge in [0.25, 0.3) is 0 Å². The molecule has 0 saturated heterocycles. The van der Waals surface area contributed by atoms with E-state index in [-0.39, 0.29) is 5.78 Å². The summed E-state index contributed by atoms with van der Waals surface area (Å²) < 4.78 is 7.65. The number of benzene rings is 2. The van der Waals surface area contributed by atoms with Crippen LogP contribution in [0.3, 0.4) is 0 Å². The molecule has 0 aliphatic heterocycles. The number of ether oxygens (including phenoxy) is 1. The van der Waals surface area contributed by atoms with Crippen LogP contribution in [0.15, 0.2) is 51.4 Å². The Morgan fingerprint density at radius 3 is 2.53 bits per heavy atom. The third kappa shape index (κ3) is 3.91. The van der Waals surface area contributed by atoms with Crippen molar-refractivity contribution < 1.29 is 9.53 Å². The van der Waals surface area contributed by atoms with Crippen LogP contribution in [0, 0.1) is 0 Å². The molecule has 19 heavy (non-hydrogen) atoms. The van der Waals surface area contributed by atoms with Crippen molar-refractivity contribution in [2.24, 2.45) is 0 Å². The molecule has 2 aromatic rings. The number of halogens is 2. The molecule has 2 nitrogen and oxygen atoms in total. The number of ketones is 1. The lowest BCUT2D eigenvalue weighted by Crippen LogP contribution is -2.01. The minimum atomic E-state index is -0.00302. The minimum absolute atomic E-state index is 0.00302. The molecule has 0 unspecified atom stereocenters. The maximum absolute atomic E-state index is 11.5. The van der Waals surface area contributed by atoms with E-state index in [0.717, 1.165) is 14.5 Å². The van der Waals surface area contributed by atoms with Gasteiger partial charge in [-0.2, -0.15) is 0 Å². The van der Waals surface area contributed by atoms with Crippen LogP contribution in [0.4, 0.5) is 0 Å². The summed E-state index contributed by atoms with van der Waals surface area (Å²) in [6, 6.07) is 13.3. The summed E-state index contributed by atoms with van der Waals surface area (Å²) in [6.07, 6.45) is 0. The van der Waals surface area contributed by atoms with Crippen LogP contribution < -0.4 is 4.74 Å². The second-order valence-electron chi connectivity index (χ2n) is 4.12. The van der Waals surface area contributed by atoms with Gasteiger partial charge < -0.3 is 4.74 Å². The fourth-order valence-corrected chi connectivity index (χ4v) is 2.48. The van der Waals surface area contributed by atoms with Gasteiger partial charge in [0, 0.05) is 8.95 Å². The van der Waals surface area contributed by atoms with Gasteiger partial charge in [-0.15, -0.1) is 0 Å². The van der Waals surface area contributed by atoms with Crippen molar-refractivity contribution in [3.05, 3.63) is 62.5 Å². The number of hydrogen-bond donors (Lipinski definition) is 0. The second kappa shape index (κ2) is 6.35. The molecule has 0 bridgehead atoms. The predicted octanol–water partition coefficient (Wildman–Crippen LogP) is 4.99. The van der Waals surface area contributed by atoms with Crippen LogP contribution in [0.5, 0.6) is 5.75 Å². The van der Waals surface area contributed by atoms with E-state index >= 15 is 0 Å². The first kappa shape index (κ1) is 14.3. The lowest BCUT2D eigenvalue weighted by atomic mass is 10.1. The van der Waals surface area contributed by atoms with Crippen LogP contribution in [0.1, 0.15) is 22.8 Å². The molecule has 0 spiro atoms. The van der Waals surface area contributed by atoms with Crippen molar-refractivity contribution in [2.75, 3.05) is 0 Å². The molecule has 0 heterocycles. The van der Waals surface area contributed by atoms with Crippen molar-refractivity contribution in [3.63, 3.8) is 0 Å². The van der Waals surface area contributed by atoms with Gasteiger partial charge in [-0.25, -0.2) is 0 Å². The lowest BCUT2D eigenvalue weighted by Gasteiger charge is -2.10. The molecule has 0 radical (unpaired) electrons. The van der Waals surface area contributed by atoms with Crippen molar-refractivity contribution >= 4 is 37.6 Å². The first-order valence-corrected chi connectivity index (χ1v) is 7.32. The van der Waals surface area contributed by atoms with Crippen molar-refractivity contribution in [1.29, 1.82) is 0 Å². The molecule has 0 fully saturated rings. The highest BCUT2D eigenvalue weighted by Crippen LogP contribution is 2.25. The van der Waals surface area contributed by atoms with E-state index in [1.54, 1.807) is 6.07 Å². The van der Waals surface area contributed by atoms with E-state index in [4.69, 9.17) is 4.74 Å². The molecule has 2 rings (SSSR count). The van der Waals surface area contributed by atoms with Gasteiger partial charge in [0.2, 0.25) is 0 Å². The van der Waals surface area contributed by atoms with Gasteiger partial charge in [-0.3, -0.25) is 4.79 Å². The first-order chi connectivity index (χ1) is 9.06. The predicted molar refractivity (Wildman–Crippen MR) is 82.6 cm³/mol. The minimum Gasteiger partial charge on any atom is -0.488 e. The van der Waals surface area contributed by atoms with Crippen LogP contribution >= 0.6 is 31.9 Å². The van der Waals surface area contributed by atoms with Crippen LogP contribution in [-0.4, -0.2) is 5.78 Å². The van der Waals surface area contributed by atoms with Gasteiger partial charge in [-0.1, -0.05) is 44.0 Å². The summed E-state index contributed by atoms with van der Waals surface area (Å²) in [5.74, 6) is 0.596.